The lowest BCUT2D eigenvalue weighted by Crippen LogP contribution is -2.43. The molecule has 1 aromatic carbocycles. The van der Waals surface area contributed by atoms with Crippen molar-refractivity contribution >= 4 is 29.1 Å². The number of rotatable bonds is 4. The number of hydrogen-bond acceptors (Lipinski definition) is 5. The lowest BCUT2D eigenvalue weighted by Gasteiger charge is -2.30. The van der Waals surface area contributed by atoms with E-state index in [1.807, 2.05) is 0 Å². The number of aromatic nitrogens is 2. The Hall–Kier alpha value is -2.06. The first-order valence-electron chi connectivity index (χ1n) is 8.32. The molecule has 0 bridgehead atoms. The number of alkyl halides is 3. The lowest BCUT2D eigenvalue weighted by atomic mass is 9.91. The lowest BCUT2D eigenvalue weighted by molar-refractivity contribution is -0.137. The van der Waals surface area contributed by atoms with Crippen LogP contribution in [0.4, 0.5) is 30.6 Å². The maximum atomic E-state index is 13.3. The van der Waals surface area contributed by atoms with E-state index in [0.29, 0.717) is 17.1 Å². The zero-order valence-electron chi connectivity index (χ0n) is 13.9. The minimum atomic E-state index is -4.56. The molecule has 0 radical (unpaired) electrons. The van der Waals surface area contributed by atoms with Gasteiger partial charge in [0.25, 0.3) is 0 Å². The highest BCUT2D eigenvalue weighted by Crippen LogP contribution is 2.35. The molecule has 1 fully saturated rings. The quantitative estimate of drug-likeness (QED) is 0.718. The highest BCUT2D eigenvalue weighted by atomic mass is 35.5. The molecule has 0 aliphatic heterocycles. The maximum absolute atomic E-state index is 13.3. The fourth-order valence-corrected chi connectivity index (χ4v) is 3.16. The Labute approximate surface area is 154 Å². The summed E-state index contributed by atoms with van der Waals surface area (Å²) in [4.78, 5) is 7.83. The van der Waals surface area contributed by atoms with Gasteiger partial charge in [-0.25, -0.2) is 4.98 Å². The van der Waals surface area contributed by atoms with E-state index in [1.165, 1.54) is 0 Å². The molecular weight excluding hydrogens is 367 g/mol. The first-order chi connectivity index (χ1) is 12.3. The Kier molecular flexibility index (Phi) is 5.52. The van der Waals surface area contributed by atoms with Gasteiger partial charge in [-0.15, -0.1) is 0 Å². The second-order valence-corrected chi connectivity index (χ2v) is 6.72. The van der Waals surface area contributed by atoms with Gasteiger partial charge in [0.1, 0.15) is 11.4 Å². The van der Waals surface area contributed by atoms with E-state index in [9.17, 15) is 13.2 Å². The van der Waals surface area contributed by atoms with Crippen LogP contribution < -0.4 is 16.4 Å². The number of nitrogens with zero attached hydrogens (tertiary/aromatic N) is 2. The zero-order valence-corrected chi connectivity index (χ0v) is 14.6. The molecule has 0 saturated heterocycles. The molecule has 9 heteroatoms. The van der Waals surface area contributed by atoms with Crippen LogP contribution >= 0.6 is 11.6 Å². The van der Waals surface area contributed by atoms with Crippen LogP contribution in [-0.2, 0) is 6.18 Å². The largest absolute Gasteiger partial charge is 0.421 e. The minimum Gasteiger partial charge on any atom is -0.365 e. The molecule has 1 heterocycles. The highest BCUT2D eigenvalue weighted by molar-refractivity contribution is 6.30. The van der Waals surface area contributed by atoms with Gasteiger partial charge in [-0.2, -0.15) is 18.2 Å². The van der Waals surface area contributed by atoms with Crippen LogP contribution in [-0.4, -0.2) is 22.1 Å². The predicted molar refractivity (Wildman–Crippen MR) is 95.6 cm³/mol. The molecule has 2 unspecified atom stereocenters. The summed E-state index contributed by atoms with van der Waals surface area (Å²) in [5, 5.41) is 6.24. The van der Waals surface area contributed by atoms with E-state index in [4.69, 9.17) is 17.3 Å². The molecule has 3 rings (SSSR count). The van der Waals surface area contributed by atoms with Crippen molar-refractivity contribution in [3.05, 3.63) is 41.0 Å². The van der Waals surface area contributed by atoms with Crippen molar-refractivity contribution in [1.82, 2.24) is 9.97 Å². The Balaban J connectivity index is 1.88. The summed E-state index contributed by atoms with van der Waals surface area (Å²) in [6.45, 7) is 0. The number of halogens is 4. The molecule has 2 aromatic rings. The van der Waals surface area contributed by atoms with Crippen molar-refractivity contribution in [3.63, 3.8) is 0 Å². The summed E-state index contributed by atoms with van der Waals surface area (Å²) >= 11 is 5.92. The summed E-state index contributed by atoms with van der Waals surface area (Å²) in [6.07, 6.45) is -0.397. The van der Waals surface area contributed by atoms with Gasteiger partial charge < -0.3 is 16.4 Å². The highest BCUT2D eigenvalue weighted by Gasteiger charge is 2.36. The van der Waals surface area contributed by atoms with Gasteiger partial charge in [0.05, 0.1) is 0 Å². The van der Waals surface area contributed by atoms with E-state index in [-0.39, 0.29) is 23.8 Å². The third-order valence-electron chi connectivity index (χ3n) is 4.32. The van der Waals surface area contributed by atoms with Gasteiger partial charge in [-0.3, -0.25) is 0 Å². The molecule has 1 saturated carbocycles. The first-order valence-corrected chi connectivity index (χ1v) is 8.69. The molecule has 2 atom stereocenters. The van der Waals surface area contributed by atoms with Crippen molar-refractivity contribution in [2.75, 3.05) is 10.6 Å². The number of anilines is 3. The Morgan fingerprint density at radius 3 is 2.65 bits per heavy atom. The van der Waals surface area contributed by atoms with Crippen LogP contribution in [0.25, 0.3) is 0 Å². The summed E-state index contributed by atoms with van der Waals surface area (Å²) in [6, 6.07) is 6.30. The van der Waals surface area contributed by atoms with Gasteiger partial charge >= 0.3 is 6.18 Å². The zero-order chi connectivity index (χ0) is 18.7. The van der Waals surface area contributed by atoms with Crippen LogP contribution in [0.15, 0.2) is 30.5 Å². The van der Waals surface area contributed by atoms with E-state index >= 15 is 0 Å². The van der Waals surface area contributed by atoms with Crippen LogP contribution in [0.1, 0.15) is 31.2 Å². The van der Waals surface area contributed by atoms with Crippen LogP contribution in [0.2, 0.25) is 5.02 Å². The van der Waals surface area contributed by atoms with Crippen molar-refractivity contribution in [2.45, 2.75) is 43.9 Å². The summed E-state index contributed by atoms with van der Waals surface area (Å²) < 4.78 is 40.0. The third kappa shape index (κ3) is 4.56. The smallest absolute Gasteiger partial charge is 0.365 e. The van der Waals surface area contributed by atoms with E-state index < -0.39 is 11.7 Å². The summed E-state index contributed by atoms with van der Waals surface area (Å²) in [7, 11) is 0. The van der Waals surface area contributed by atoms with Crippen LogP contribution in [0.3, 0.4) is 0 Å². The first kappa shape index (κ1) is 18.7. The maximum Gasteiger partial charge on any atom is 0.421 e. The van der Waals surface area contributed by atoms with E-state index in [0.717, 1.165) is 25.5 Å². The number of nitrogens with one attached hydrogen (secondary N) is 2. The number of nitrogens with two attached hydrogens (primary N) is 1. The standard InChI is InChI=1S/C17H19ClF3N5/c18-10-4-3-5-11(8-10)24-16-23-9-12(17(19,20)21)15(26-16)25-14-7-2-1-6-13(14)22/h3-5,8-9,13-14H,1-2,6-7,22H2,(H2,23,24,25,26). The monoisotopic (exact) mass is 385 g/mol. The van der Waals surface area contributed by atoms with E-state index in [2.05, 4.69) is 20.6 Å². The van der Waals surface area contributed by atoms with Crippen LogP contribution in [0, 0.1) is 0 Å². The molecule has 0 spiro atoms. The fourth-order valence-electron chi connectivity index (χ4n) is 2.97. The molecule has 140 valence electrons. The average Bonchev–Trinajstić information content (AvgIpc) is 2.56. The van der Waals surface area contributed by atoms with Crippen molar-refractivity contribution in [3.8, 4) is 0 Å². The molecule has 1 aliphatic carbocycles. The minimum absolute atomic E-state index is 0.0483. The van der Waals surface area contributed by atoms with Gasteiger partial charge in [-0.05, 0) is 31.0 Å². The van der Waals surface area contributed by atoms with Gasteiger partial charge in [0.15, 0.2) is 0 Å². The molecule has 1 aromatic heterocycles. The fraction of sp³-hybridized carbons (Fsp3) is 0.412. The van der Waals surface area contributed by atoms with Gasteiger partial charge in [0.2, 0.25) is 5.95 Å². The molecule has 5 nitrogen and oxygen atoms in total. The SMILES string of the molecule is NC1CCCCC1Nc1nc(Nc2cccc(Cl)c2)ncc1C(F)(F)F. The average molecular weight is 386 g/mol. The van der Waals surface area contributed by atoms with Crippen LogP contribution in [0.5, 0.6) is 0 Å². The number of benzene rings is 1. The topological polar surface area (TPSA) is 75.9 Å². The number of hydrogen-bond donors (Lipinski definition) is 3. The predicted octanol–water partition coefficient (Wildman–Crippen LogP) is 4.57. The van der Waals surface area contributed by atoms with Crippen molar-refractivity contribution in [2.24, 2.45) is 5.73 Å². The molecule has 1 aliphatic rings. The molecule has 4 N–H and O–H groups in total. The van der Waals surface area contributed by atoms with Gasteiger partial charge in [0, 0.05) is 29.0 Å². The molecule has 26 heavy (non-hydrogen) atoms. The summed E-state index contributed by atoms with van der Waals surface area (Å²) in [5.41, 5.74) is 5.72. The Morgan fingerprint density at radius 1 is 1.19 bits per heavy atom. The Morgan fingerprint density at radius 2 is 1.96 bits per heavy atom. The summed E-state index contributed by atoms with van der Waals surface area (Å²) in [5.74, 6) is -0.216. The van der Waals surface area contributed by atoms with Gasteiger partial charge in [-0.1, -0.05) is 30.5 Å². The van der Waals surface area contributed by atoms with Crippen molar-refractivity contribution in [1.29, 1.82) is 0 Å². The second-order valence-electron chi connectivity index (χ2n) is 6.29. The normalized spacial score (nSPS) is 20.7. The third-order valence-corrected chi connectivity index (χ3v) is 4.55. The molecular formula is C17H19ClF3N5. The second kappa shape index (κ2) is 7.67. The van der Waals surface area contributed by atoms with E-state index in [1.54, 1.807) is 24.3 Å². The molecule has 0 amide bonds. The van der Waals surface area contributed by atoms with Crippen molar-refractivity contribution < 1.29 is 13.2 Å². The Bertz CT molecular complexity index is 768.